The van der Waals surface area contributed by atoms with Crippen molar-refractivity contribution in [1.29, 1.82) is 0 Å². The molecule has 0 aromatic heterocycles. The van der Waals surface area contributed by atoms with Gasteiger partial charge in [-0.25, -0.2) is 0 Å². The molecule has 252 valence electrons. The highest BCUT2D eigenvalue weighted by molar-refractivity contribution is 5.07. The van der Waals surface area contributed by atoms with E-state index in [1.165, 1.54) is 83.6 Å². The van der Waals surface area contributed by atoms with Gasteiger partial charge < -0.3 is 22.5 Å². The molecular formula is C38H80N4. The molecular weight excluding hydrogens is 512 g/mol. The Morgan fingerprint density at radius 3 is 0.762 bits per heavy atom. The highest BCUT2D eigenvalue weighted by atomic mass is 15.0. The van der Waals surface area contributed by atoms with Crippen LogP contribution in [0.1, 0.15) is 181 Å². The van der Waals surface area contributed by atoms with E-state index in [9.17, 15) is 0 Å². The number of hydrogen-bond acceptors (Lipinski definition) is 4. The normalized spacial score (nSPS) is 25.7. The molecule has 42 heavy (non-hydrogen) atoms. The monoisotopic (exact) mass is 593 g/mol. The van der Waals surface area contributed by atoms with Crippen molar-refractivity contribution < 1.29 is 0 Å². The molecule has 1 unspecified atom stereocenters. The van der Waals surface area contributed by atoms with Gasteiger partial charge in [-0.1, -0.05) is 110 Å². The second kappa shape index (κ2) is 14.1. The van der Waals surface area contributed by atoms with Crippen molar-refractivity contribution in [3.63, 3.8) is 0 Å². The Hall–Kier alpha value is -0.160. The third-order valence-electron chi connectivity index (χ3n) is 12.0. The van der Waals surface area contributed by atoms with Crippen molar-refractivity contribution in [2.75, 3.05) is 6.54 Å². The van der Waals surface area contributed by atoms with Gasteiger partial charge in [0.05, 0.1) is 0 Å². The zero-order valence-corrected chi connectivity index (χ0v) is 31.6. The maximum atomic E-state index is 6.08. The van der Waals surface area contributed by atoms with Crippen molar-refractivity contribution in [2.45, 2.75) is 204 Å². The maximum absolute atomic E-state index is 6.08. The Balaban J connectivity index is 0.000000263. The van der Waals surface area contributed by atoms with Crippen LogP contribution in [-0.4, -0.2) is 29.2 Å². The van der Waals surface area contributed by atoms with Gasteiger partial charge in [-0.05, 0) is 110 Å². The Morgan fingerprint density at radius 2 is 0.762 bits per heavy atom. The van der Waals surface area contributed by atoms with Crippen LogP contribution in [0.5, 0.6) is 0 Å². The summed E-state index contributed by atoms with van der Waals surface area (Å²) < 4.78 is 0. The van der Waals surface area contributed by atoms with Crippen LogP contribution in [0.2, 0.25) is 0 Å². The molecule has 4 saturated carbocycles. The van der Waals surface area contributed by atoms with Gasteiger partial charge in [-0.3, -0.25) is 0 Å². The number of nitrogens with one attached hydrogen (secondary N) is 1. The Bertz CT molecular complexity index is 716. The van der Waals surface area contributed by atoms with Crippen LogP contribution in [0, 0.1) is 33.0 Å². The van der Waals surface area contributed by atoms with Crippen LogP contribution in [0.25, 0.3) is 0 Å². The van der Waals surface area contributed by atoms with E-state index in [1.807, 2.05) is 0 Å². The van der Waals surface area contributed by atoms with Crippen LogP contribution in [-0.2, 0) is 0 Å². The van der Waals surface area contributed by atoms with Gasteiger partial charge in [0.25, 0.3) is 0 Å². The molecule has 1 saturated heterocycles. The van der Waals surface area contributed by atoms with Crippen molar-refractivity contribution in [3.8, 4) is 0 Å². The summed E-state index contributed by atoms with van der Waals surface area (Å²) in [4.78, 5) is 0. The first-order valence-corrected chi connectivity index (χ1v) is 17.7. The average Bonchev–Trinajstić information content (AvgIpc) is 3.38. The van der Waals surface area contributed by atoms with Crippen LogP contribution < -0.4 is 22.5 Å². The molecule has 1 aliphatic heterocycles. The van der Waals surface area contributed by atoms with E-state index in [-0.39, 0.29) is 16.6 Å². The van der Waals surface area contributed by atoms with Gasteiger partial charge in [0.1, 0.15) is 0 Å². The van der Waals surface area contributed by atoms with Crippen molar-refractivity contribution in [2.24, 2.45) is 50.2 Å². The van der Waals surface area contributed by atoms with Gasteiger partial charge in [-0.2, -0.15) is 0 Å². The highest BCUT2D eigenvalue weighted by Gasteiger charge is 2.48. The third-order valence-corrected chi connectivity index (χ3v) is 12.0. The van der Waals surface area contributed by atoms with Gasteiger partial charge in [0.2, 0.25) is 0 Å². The molecule has 1 heterocycles. The summed E-state index contributed by atoms with van der Waals surface area (Å²) in [7, 11) is 0. The summed E-state index contributed by atoms with van der Waals surface area (Å²) in [5, 5.41) is 3.39. The predicted molar refractivity (Wildman–Crippen MR) is 189 cm³/mol. The smallest absolute Gasteiger partial charge is 0.0204 e. The summed E-state index contributed by atoms with van der Waals surface area (Å²) in [6.45, 7) is 35.1. The molecule has 5 fully saturated rings. The fraction of sp³-hybridized carbons (Fsp3) is 1.00. The van der Waals surface area contributed by atoms with Crippen LogP contribution in [0.4, 0.5) is 0 Å². The summed E-state index contributed by atoms with van der Waals surface area (Å²) in [6, 6.07) is 0.780. The number of hydrogen-bond donors (Lipinski definition) is 4. The van der Waals surface area contributed by atoms with E-state index in [4.69, 9.17) is 17.2 Å². The standard InChI is InChI=1S/2C8H17N.C8H16.2C7H15N/c2*1-7(2,3)8(9)5-4-6-8;1-8(2,3)7-5-4-6-7;1-7(2,3)6-4-5-8-6;1-6(2,3)7(8)4-5-7/h2*4-6,9H2,1-3H3;7H,4-6H2,1-3H3;6,8H,4-5H2,1-3H3;4-5,8H2,1-3H3. The molecule has 4 aliphatic carbocycles. The molecule has 5 rings (SSSR count). The van der Waals surface area contributed by atoms with E-state index in [1.54, 1.807) is 0 Å². The van der Waals surface area contributed by atoms with Gasteiger partial charge in [0.15, 0.2) is 0 Å². The van der Waals surface area contributed by atoms with Crippen LogP contribution >= 0.6 is 0 Å². The average molecular weight is 593 g/mol. The Labute approximate surface area is 265 Å². The first kappa shape index (κ1) is 39.9. The van der Waals surface area contributed by atoms with E-state index in [0.29, 0.717) is 27.1 Å². The second-order valence-corrected chi connectivity index (χ2v) is 20.1. The third kappa shape index (κ3) is 11.6. The second-order valence-electron chi connectivity index (χ2n) is 20.1. The number of rotatable bonds is 0. The van der Waals surface area contributed by atoms with Crippen molar-refractivity contribution in [3.05, 3.63) is 0 Å². The fourth-order valence-electron chi connectivity index (χ4n) is 5.80. The van der Waals surface area contributed by atoms with Gasteiger partial charge in [0, 0.05) is 22.7 Å². The van der Waals surface area contributed by atoms with Crippen LogP contribution in [0.3, 0.4) is 0 Å². The van der Waals surface area contributed by atoms with Crippen LogP contribution in [0.15, 0.2) is 0 Å². The molecule has 1 atom stereocenters. The van der Waals surface area contributed by atoms with Gasteiger partial charge >= 0.3 is 0 Å². The van der Waals surface area contributed by atoms with E-state index in [0.717, 1.165) is 12.0 Å². The molecule has 0 radical (unpaired) electrons. The lowest BCUT2D eigenvalue weighted by Crippen LogP contribution is -2.56. The molecule has 5 aliphatic rings. The lowest BCUT2D eigenvalue weighted by molar-refractivity contribution is 0.0939. The van der Waals surface area contributed by atoms with Crippen molar-refractivity contribution >= 4 is 0 Å². The minimum absolute atomic E-state index is 0.160. The zero-order valence-electron chi connectivity index (χ0n) is 31.6. The molecule has 0 spiro atoms. The SMILES string of the molecule is CC(C)(C)C1(N)CC1.CC(C)(C)C1(N)CCC1.CC(C)(C)C1(N)CCC1.CC(C)(C)C1CCC1.CC(C)(C)C1CCN1. The molecule has 7 N–H and O–H groups in total. The first-order valence-electron chi connectivity index (χ1n) is 17.7. The maximum Gasteiger partial charge on any atom is 0.0204 e. The zero-order chi connectivity index (χ0) is 33.1. The quantitative estimate of drug-likeness (QED) is 0.225. The summed E-state index contributed by atoms with van der Waals surface area (Å²) in [6.07, 6.45) is 15.8. The van der Waals surface area contributed by atoms with Crippen molar-refractivity contribution in [1.82, 2.24) is 5.32 Å². The Kier molecular flexibility index (Phi) is 13.4. The fourth-order valence-corrected chi connectivity index (χ4v) is 5.80. The Morgan fingerprint density at radius 1 is 0.452 bits per heavy atom. The minimum Gasteiger partial charge on any atom is -0.325 e. The summed E-state index contributed by atoms with van der Waals surface area (Å²) in [5.74, 6) is 1.03. The lowest BCUT2D eigenvalue weighted by Gasteiger charge is -2.48. The summed E-state index contributed by atoms with van der Waals surface area (Å²) in [5.41, 5.74) is 20.6. The topological polar surface area (TPSA) is 90.1 Å². The van der Waals surface area contributed by atoms with E-state index in [2.05, 4.69) is 109 Å². The molecule has 0 aromatic carbocycles. The van der Waals surface area contributed by atoms with E-state index < -0.39 is 0 Å². The highest BCUT2D eigenvalue weighted by Crippen LogP contribution is 2.47. The summed E-state index contributed by atoms with van der Waals surface area (Å²) >= 11 is 0. The minimum atomic E-state index is 0.160. The predicted octanol–water partition coefficient (Wildman–Crippen LogP) is 9.58. The van der Waals surface area contributed by atoms with Gasteiger partial charge in [-0.15, -0.1) is 0 Å². The van der Waals surface area contributed by atoms with E-state index >= 15 is 0 Å². The first-order chi connectivity index (χ1) is 18.6. The molecule has 0 aromatic rings. The largest absolute Gasteiger partial charge is 0.325 e. The lowest BCUT2D eigenvalue weighted by atomic mass is 9.62. The molecule has 4 nitrogen and oxygen atoms in total. The number of nitrogens with two attached hydrogens (primary N) is 3. The molecule has 0 bridgehead atoms. The molecule has 0 amide bonds. The molecule has 4 heteroatoms.